The number of nitrogens with zero attached hydrogens (tertiary/aromatic N) is 1. The number of rotatable bonds is 3. The molecule has 0 radical (unpaired) electrons. The summed E-state index contributed by atoms with van der Waals surface area (Å²) in [5, 5.41) is 8.37. The predicted octanol–water partition coefficient (Wildman–Crippen LogP) is 3.59. The number of nitrogens with one attached hydrogen (secondary N) is 2. The molecule has 1 aliphatic heterocycles. The van der Waals surface area contributed by atoms with E-state index in [-0.39, 0.29) is 6.03 Å². The third kappa shape index (κ3) is 3.32. The van der Waals surface area contributed by atoms with Crippen LogP contribution in [0.15, 0.2) is 42.5 Å². The monoisotopic (exact) mass is 309 g/mol. The van der Waals surface area contributed by atoms with E-state index in [9.17, 15) is 4.79 Å². The Hall–Kier alpha value is -2.07. The van der Waals surface area contributed by atoms with Gasteiger partial charge in [-0.3, -0.25) is 0 Å². The molecule has 0 atom stereocenters. The molecule has 0 spiro atoms. The Morgan fingerprint density at radius 2 is 1.70 bits per heavy atom. The van der Waals surface area contributed by atoms with Crippen molar-refractivity contribution < 1.29 is 4.79 Å². The summed E-state index contributed by atoms with van der Waals surface area (Å²) >= 11 is 0. The maximum absolute atomic E-state index is 12.3. The van der Waals surface area contributed by atoms with Crippen LogP contribution < -0.4 is 10.6 Å². The number of anilines is 1. The van der Waals surface area contributed by atoms with Gasteiger partial charge in [0.2, 0.25) is 0 Å². The van der Waals surface area contributed by atoms with E-state index in [0.717, 1.165) is 48.4 Å². The molecule has 2 fully saturated rings. The summed E-state index contributed by atoms with van der Waals surface area (Å²) in [5.74, 6) is 0. The van der Waals surface area contributed by atoms with Crippen molar-refractivity contribution in [1.29, 1.82) is 0 Å². The van der Waals surface area contributed by atoms with Crippen LogP contribution in [-0.2, 0) is 0 Å². The van der Waals surface area contributed by atoms with Gasteiger partial charge in [-0.05, 0) is 37.1 Å². The second-order valence-corrected chi connectivity index (χ2v) is 6.67. The van der Waals surface area contributed by atoms with Crippen molar-refractivity contribution in [2.45, 2.75) is 37.8 Å². The molecule has 2 N–H and O–H groups in total. The normalized spacial score (nSPS) is 19.7. The fraction of sp³-hybridized carbons (Fsp3) is 0.421. The predicted molar refractivity (Wildman–Crippen MR) is 93.7 cm³/mol. The first-order valence-corrected chi connectivity index (χ1v) is 8.59. The lowest BCUT2D eigenvalue weighted by Gasteiger charge is -2.32. The van der Waals surface area contributed by atoms with E-state index in [1.54, 1.807) is 0 Å². The number of benzene rings is 2. The van der Waals surface area contributed by atoms with Crippen molar-refractivity contribution in [3.63, 3.8) is 0 Å². The minimum atomic E-state index is -0.0915. The summed E-state index contributed by atoms with van der Waals surface area (Å²) in [6, 6.07) is 15.1. The van der Waals surface area contributed by atoms with Crippen molar-refractivity contribution in [3.05, 3.63) is 42.5 Å². The summed E-state index contributed by atoms with van der Waals surface area (Å²) in [7, 11) is 0. The number of urea groups is 1. The zero-order chi connectivity index (χ0) is 15.6. The maximum Gasteiger partial charge on any atom is 0.319 e. The van der Waals surface area contributed by atoms with Crippen LogP contribution in [0, 0.1) is 0 Å². The highest BCUT2D eigenvalue weighted by molar-refractivity contribution is 6.01. The minimum absolute atomic E-state index is 0.0915. The highest BCUT2D eigenvalue weighted by Crippen LogP contribution is 2.29. The lowest BCUT2D eigenvalue weighted by atomic mass is 10.1. The van der Waals surface area contributed by atoms with Gasteiger partial charge >= 0.3 is 6.03 Å². The summed E-state index contributed by atoms with van der Waals surface area (Å²) in [6.45, 7) is 2.23. The van der Waals surface area contributed by atoms with Crippen molar-refractivity contribution in [3.8, 4) is 0 Å². The van der Waals surface area contributed by atoms with E-state index in [0.29, 0.717) is 6.04 Å². The Kier molecular flexibility index (Phi) is 3.92. The van der Waals surface area contributed by atoms with Crippen molar-refractivity contribution in [1.82, 2.24) is 10.2 Å². The Balaban J connectivity index is 1.36. The second-order valence-electron chi connectivity index (χ2n) is 6.67. The molecule has 2 aromatic carbocycles. The van der Waals surface area contributed by atoms with E-state index < -0.39 is 0 Å². The standard InChI is InChI=1S/C19H23N3O/c23-19(20-15-10-12-22(13-11-15)16-8-9-16)21-18-7-3-5-14-4-1-2-6-17(14)18/h1-7,15-16H,8-13H2,(H2,20,21,23). The molecule has 1 heterocycles. The first kappa shape index (κ1) is 14.5. The van der Waals surface area contributed by atoms with Gasteiger partial charge in [0.25, 0.3) is 0 Å². The van der Waals surface area contributed by atoms with Gasteiger partial charge in [-0.25, -0.2) is 4.79 Å². The number of likely N-dealkylation sites (tertiary alicyclic amines) is 1. The molecule has 2 amide bonds. The van der Waals surface area contributed by atoms with Gasteiger partial charge in [0.05, 0.1) is 5.69 Å². The molecule has 4 heteroatoms. The van der Waals surface area contributed by atoms with E-state index in [1.165, 1.54) is 12.8 Å². The number of carbonyl (C=O) groups excluding carboxylic acids is 1. The zero-order valence-electron chi connectivity index (χ0n) is 13.3. The fourth-order valence-electron chi connectivity index (χ4n) is 3.53. The molecule has 0 unspecified atom stereocenters. The van der Waals surface area contributed by atoms with Crippen LogP contribution in [0.1, 0.15) is 25.7 Å². The van der Waals surface area contributed by atoms with Crippen LogP contribution in [0.2, 0.25) is 0 Å². The fourth-order valence-corrected chi connectivity index (χ4v) is 3.53. The molecule has 120 valence electrons. The summed E-state index contributed by atoms with van der Waals surface area (Å²) in [6.07, 6.45) is 4.83. The molecule has 0 bridgehead atoms. The Morgan fingerprint density at radius 1 is 0.957 bits per heavy atom. The van der Waals surface area contributed by atoms with Crippen LogP contribution in [0.3, 0.4) is 0 Å². The Morgan fingerprint density at radius 3 is 2.48 bits per heavy atom. The summed E-state index contributed by atoms with van der Waals surface area (Å²) in [5.41, 5.74) is 0.871. The van der Waals surface area contributed by atoms with Crippen LogP contribution in [0.25, 0.3) is 10.8 Å². The highest BCUT2D eigenvalue weighted by Gasteiger charge is 2.32. The van der Waals surface area contributed by atoms with Crippen molar-refractivity contribution >= 4 is 22.5 Å². The van der Waals surface area contributed by atoms with Crippen LogP contribution in [0.4, 0.5) is 10.5 Å². The van der Waals surface area contributed by atoms with Gasteiger partial charge in [-0.2, -0.15) is 0 Å². The van der Waals surface area contributed by atoms with E-state index in [4.69, 9.17) is 0 Å². The molecule has 1 saturated carbocycles. The first-order chi connectivity index (χ1) is 11.3. The molecule has 1 saturated heterocycles. The summed E-state index contributed by atoms with van der Waals surface area (Å²) < 4.78 is 0. The molecular formula is C19H23N3O. The number of hydrogen-bond donors (Lipinski definition) is 2. The number of fused-ring (bicyclic) bond motifs is 1. The zero-order valence-corrected chi connectivity index (χ0v) is 13.3. The van der Waals surface area contributed by atoms with Crippen LogP contribution in [0.5, 0.6) is 0 Å². The van der Waals surface area contributed by atoms with Gasteiger partial charge in [-0.15, -0.1) is 0 Å². The smallest absolute Gasteiger partial charge is 0.319 e. The average molecular weight is 309 g/mol. The van der Waals surface area contributed by atoms with E-state index in [2.05, 4.69) is 27.7 Å². The van der Waals surface area contributed by atoms with Gasteiger partial charge in [-0.1, -0.05) is 36.4 Å². The lowest BCUT2D eigenvalue weighted by molar-refractivity contribution is 0.189. The van der Waals surface area contributed by atoms with E-state index in [1.807, 2.05) is 30.3 Å². The average Bonchev–Trinajstić information content (AvgIpc) is 3.41. The maximum atomic E-state index is 12.3. The third-order valence-electron chi connectivity index (χ3n) is 4.97. The number of hydrogen-bond acceptors (Lipinski definition) is 2. The quantitative estimate of drug-likeness (QED) is 0.910. The largest absolute Gasteiger partial charge is 0.335 e. The second kappa shape index (κ2) is 6.20. The van der Waals surface area contributed by atoms with Gasteiger partial charge < -0.3 is 15.5 Å². The Labute approximate surface area is 136 Å². The first-order valence-electron chi connectivity index (χ1n) is 8.59. The molecule has 2 aromatic rings. The lowest BCUT2D eigenvalue weighted by Crippen LogP contribution is -2.46. The topological polar surface area (TPSA) is 44.4 Å². The molecule has 2 aliphatic rings. The molecule has 4 nitrogen and oxygen atoms in total. The van der Waals surface area contributed by atoms with Crippen molar-refractivity contribution in [2.24, 2.45) is 0 Å². The van der Waals surface area contributed by atoms with Gasteiger partial charge in [0, 0.05) is 30.6 Å². The number of amides is 2. The summed E-state index contributed by atoms with van der Waals surface area (Å²) in [4.78, 5) is 14.9. The molecule has 0 aromatic heterocycles. The minimum Gasteiger partial charge on any atom is -0.335 e. The third-order valence-corrected chi connectivity index (χ3v) is 4.97. The van der Waals surface area contributed by atoms with Crippen LogP contribution in [-0.4, -0.2) is 36.1 Å². The number of carbonyl (C=O) groups is 1. The number of piperidine rings is 1. The SMILES string of the molecule is O=C(Nc1cccc2ccccc12)NC1CCN(C2CC2)CC1. The molecular weight excluding hydrogens is 286 g/mol. The molecule has 4 rings (SSSR count). The molecule has 23 heavy (non-hydrogen) atoms. The van der Waals surface area contributed by atoms with Crippen molar-refractivity contribution in [2.75, 3.05) is 18.4 Å². The van der Waals surface area contributed by atoms with Crippen LogP contribution >= 0.6 is 0 Å². The Bertz CT molecular complexity index is 697. The highest BCUT2D eigenvalue weighted by atomic mass is 16.2. The molecule has 1 aliphatic carbocycles. The van der Waals surface area contributed by atoms with Gasteiger partial charge in [0.1, 0.15) is 0 Å². The van der Waals surface area contributed by atoms with E-state index >= 15 is 0 Å². The van der Waals surface area contributed by atoms with Gasteiger partial charge in [0.15, 0.2) is 0 Å².